The molecule has 0 unspecified atom stereocenters. The van der Waals surface area contributed by atoms with Gasteiger partial charge in [0.05, 0.1) is 5.60 Å². The van der Waals surface area contributed by atoms with Gasteiger partial charge in [-0.05, 0) is 38.1 Å². The van der Waals surface area contributed by atoms with Crippen molar-refractivity contribution < 1.29 is 5.11 Å². The lowest BCUT2D eigenvalue weighted by molar-refractivity contribution is 0.107. The van der Waals surface area contributed by atoms with Gasteiger partial charge in [0.25, 0.3) is 0 Å². The van der Waals surface area contributed by atoms with Gasteiger partial charge in [-0.15, -0.1) is 10.2 Å². The summed E-state index contributed by atoms with van der Waals surface area (Å²) in [6.45, 7) is 3.47. The largest absolute Gasteiger partial charge is 0.390 e. The maximum Gasteiger partial charge on any atom is 0.210 e. The lowest BCUT2D eigenvalue weighted by Crippen LogP contribution is -2.22. The summed E-state index contributed by atoms with van der Waals surface area (Å²) in [6.07, 6.45) is 0. The Morgan fingerprint density at radius 1 is 1.32 bits per heavy atom. The summed E-state index contributed by atoms with van der Waals surface area (Å²) >= 11 is 7.20. The third-order valence-corrected chi connectivity index (χ3v) is 3.96. The fourth-order valence-electron chi connectivity index (χ4n) is 1.41. The molecule has 0 saturated heterocycles. The van der Waals surface area contributed by atoms with Crippen molar-refractivity contribution in [2.75, 3.05) is 11.6 Å². The molecule has 2 aromatic rings. The number of hydrogen-bond acceptors (Lipinski definition) is 5. The summed E-state index contributed by atoms with van der Waals surface area (Å²) < 4.78 is 1.42. The summed E-state index contributed by atoms with van der Waals surface area (Å²) in [7, 11) is 0. The normalized spacial score (nSPS) is 11.8. The van der Waals surface area contributed by atoms with Crippen LogP contribution in [0.25, 0.3) is 11.4 Å². The van der Waals surface area contributed by atoms with Gasteiger partial charge in [0.1, 0.15) is 0 Å². The molecule has 19 heavy (non-hydrogen) atoms. The molecule has 3 N–H and O–H groups in total. The van der Waals surface area contributed by atoms with Gasteiger partial charge < -0.3 is 10.9 Å². The van der Waals surface area contributed by atoms with E-state index in [0.29, 0.717) is 21.8 Å². The first-order valence-electron chi connectivity index (χ1n) is 5.68. The minimum absolute atomic E-state index is 0.489. The number of thioether (sulfide) groups is 1. The number of hydrogen-bond donors (Lipinski definition) is 2. The van der Waals surface area contributed by atoms with Crippen LogP contribution in [-0.4, -0.2) is 31.3 Å². The first-order valence-corrected chi connectivity index (χ1v) is 7.05. The lowest BCUT2D eigenvalue weighted by atomic mass is 10.2. The van der Waals surface area contributed by atoms with E-state index < -0.39 is 5.60 Å². The van der Waals surface area contributed by atoms with Crippen molar-refractivity contribution in [3.05, 3.63) is 29.3 Å². The van der Waals surface area contributed by atoms with E-state index in [0.717, 1.165) is 5.56 Å². The van der Waals surface area contributed by atoms with Crippen LogP contribution in [0.3, 0.4) is 0 Å². The Hall–Kier alpha value is -1.24. The molecular formula is C12H15ClN4OS. The third kappa shape index (κ3) is 3.62. The van der Waals surface area contributed by atoms with Crippen molar-refractivity contribution in [3.63, 3.8) is 0 Å². The minimum atomic E-state index is -0.781. The van der Waals surface area contributed by atoms with E-state index in [9.17, 15) is 5.11 Å². The molecule has 0 aliphatic carbocycles. The molecule has 0 amide bonds. The smallest absolute Gasteiger partial charge is 0.210 e. The minimum Gasteiger partial charge on any atom is -0.390 e. The predicted octanol–water partition coefficient (Wildman–Crippen LogP) is 2.18. The highest BCUT2D eigenvalue weighted by Crippen LogP contribution is 2.24. The zero-order chi connectivity index (χ0) is 14.0. The van der Waals surface area contributed by atoms with Gasteiger partial charge >= 0.3 is 0 Å². The van der Waals surface area contributed by atoms with Crippen molar-refractivity contribution in [1.82, 2.24) is 14.9 Å². The third-order valence-electron chi connectivity index (χ3n) is 2.32. The van der Waals surface area contributed by atoms with Gasteiger partial charge in [0.2, 0.25) is 5.16 Å². The van der Waals surface area contributed by atoms with E-state index in [1.54, 1.807) is 26.0 Å². The van der Waals surface area contributed by atoms with Crippen LogP contribution in [0.1, 0.15) is 13.8 Å². The highest BCUT2D eigenvalue weighted by Gasteiger charge is 2.17. The zero-order valence-electron chi connectivity index (χ0n) is 10.7. The van der Waals surface area contributed by atoms with Crippen LogP contribution in [0.2, 0.25) is 5.02 Å². The van der Waals surface area contributed by atoms with Crippen LogP contribution in [0.15, 0.2) is 29.4 Å². The van der Waals surface area contributed by atoms with Crippen LogP contribution in [-0.2, 0) is 0 Å². The molecule has 2 rings (SSSR count). The van der Waals surface area contributed by atoms with Gasteiger partial charge in [0, 0.05) is 16.3 Å². The SMILES string of the molecule is CC(C)(O)CSc1nnc(-c2ccc(Cl)cc2)n1N. The van der Waals surface area contributed by atoms with Gasteiger partial charge in [0.15, 0.2) is 5.82 Å². The number of nitrogens with two attached hydrogens (primary N) is 1. The number of aromatic nitrogens is 3. The molecule has 0 radical (unpaired) electrons. The first-order chi connectivity index (χ1) is 8.87. The quantitative estimate of drug-likeness (QED) is 0.668. The summed E-state index contributed by atoms with van der Waals surface area (Å²) in [4.78, 5) is 0. The number of halogens is 1. The van der Waals surface area contributed by atoms with Gasteiger partial charge in [-0.2, -0.15) is 0 Å². The lowest BCUT2D eigenvalue weighted by Gasteiger charge is -2.15. The fourth-order valence-corrected chi connectivity index (χ4v) is 2.34. The van der Waals surface area contributed by atoms with E-state index in [1.807, 2.05) is 12.1 Å². The van der Waals surface area contributed by atoms with Gasteiger partial charge in [-0.1, -0.05) is 23.4 Å². The molecule has 0 bridgehead atoms. The molecule has 0 aliphatic rings. The van der Waals surface area contributed by atoms with Gasteiger partial charge in [-0.25, -0.2) is 4.68 Å². The second kappa shape index (κ2) is 5.40. The van der Waals surface area contributed by atoms with Crippen LogP contribution in [0.5, 0.6) is 0 Å². The van der Waals surface area contributed by atoms with E-state index >= 15 is 0 Å². The molecule has 1 heterocycles. The Morgan fingerprint density at radius 3 is 2.53 bits per heavy atom. The fraction of sp³-hybridized carbons (Fsp3) is 0.333. The van der Waals surface area contributed by atoms with Crippen molar-refractivity contribution in [1.29, 1.82) is 0 Å². The second-order valence-electron chi connectivity index (χ2n) is 4.78. The van der Waals surface area contributed by atoms with Crippen LogP contribution < -0.4 is 5.84 Å². The molecule has 1 aromatic carbocycles. The van der Waals surface area contributed by atoms with Crippen LogP contribution in [0.4, 0.5) is 0 Å². The number of benzene rings is 1. The standard InChI is InChI=1S/C12H15ClN4OS/c1-12(2,18)7-19-11-16-15-10(17(11)14)8-3-5-9(13)6-4-8/h3-6,18H,7,14H2,1-2H3. The Balaban J connectivity index is 2.20. The van der Waals surface area contributed by atoms with Crippen molar-refractivity contribution in [3.8, 4) is 11.4 Å². The average molecular weight is 299 g/mol. The Kier molecular flexibility index (Phi) is 4.03. The average Bonchev–Trinajstić information content (AvgIpc) is 2.68. The van der Waals surface area contributed by atoms with Crippen molar-refractivity contribution >= 4 is 23.4 Å². The molecular weight excluding hydrogens is 284 g/mol. The number of aliphatic hydroxyl groups is 1. The van der Waals surface area contributed by atoms with Crippen molar-refractivity contribution in [2.45, 2.75) is 24.6 Å². The molecule has 0 spiro atoms. The highest BCUT2D eigenvalue weighted by atomic mass is 35.5. The molecule has 0 fully saturated rings. The maximum atomic E-state index is 9.69. The van der Waals surface area contributed by atoms with E-state index in [-0.39, 0.29) is 0 Å². The summed E-state index contributed by atoms with van der Waals surface area (Å²) in [6, 6.07) is 7.21. The summed E-state index contributed by atoms with van der Waals surface area (Å²) in [5.41, 5.74) is 0.0614. The number of nitrogen functional groups attached to an aromatic ring is 1. The number of nitrogens with zero attached hydrogens (tertiary/aromatic N) is 3. The number of rotatable bonds is 4. The molecule has 0 atom stereocenters. The molecule has 7 heteroatoms. The summed E-state index contributed by atoms with van der Waals surface area (Å²) in [5, 5.41) is 19.0. The first kappa shape index (κ1) is 14.2. The van der Waals surface area contributed by atoms with E-state index in [1.165, 1.54) is 16.4 Å². The molecule has 1 aromatic heterocycles. The zero-order valence-corrected chi connectivity index (χ0v) is 12.2. The monoisotopic (exact) mass is 298 g/mol. The van der Waals surface area contributed by atoms with Crippen LogP contribution >= 0.6 is 23.4 Å². The predicted molar refractivity (Wildman–Crippen MR) is 77.6 cm³/mol. The molecule has 5 nitrogen and oxygen atoms in total. The topological polar surface area (TPSA) is 77.0 Å². The van der Waals surface area contributed by atoms with Crippen LogP contribution in [0, 0.1) is 0 Å². The second-order valence-corrected chi connectivity index (χ2v) is 6.16. The summed E-state index contributed by atoms with van der Waals surface area (Å²) in [5.74, 6) is 7.01. The van der Waals surface area contributed by atoms with E-state index in [4.69, 9.17) is 17.4 Å². The van der Waals surface area contributed by atoms with Gasteiger partial charge in [-0.3, -0.25) is 0 Å². The van der Waals surface area contributed by atoms with E-state index in [2.05, 4.69) is 10.2 Å². The Labute approximate surface area is 120 Å². The van der Waals surface area contributed by atoms with Crippen molar-refractivity contribution in [2.24, 2.45) is 0 Å². The Bertz CT molecular complexity index is 562. The molecule has 0 aliphatic heterocycles. The highest BCUT2D eigenvalue weighted by molar-refractivity contribution is 7.99. The maximum absolute atomic E-state index is 9.69. The molecule has 102 valence electrons. The Morgan fingerprint density at radius 2 is 1.95 bits per heavy atom. The molecule has 0 saturated carbocycles.